The summed E-state index contributed by atoms with van der Waals surface area (Å²) in [6.07, 6.45) is 1.39. The molecule has 0 atom stereocenters. The third-order valence-electron chi connectivity index (χ3n) is 1.21. The summed E-state index contributed by atoms with van der Waals surface area (Å²) in [6.45, 7) is 0. The molecule has 0 aliphatic carbocycles. The Morgan fingerprint density at radius 3 is 2.55 bits per heavy atom. The van der Waals surface area contributed by atoms with Crippen LogP contribution in [0.1, 0.15) is 0 Å². The lowest BCUT2D eigenvalue weighted by atomic mass is 10.4. The number of rotatable bonds is 2. The van der Waals surface area contributed by atoms with E-state index < -0.39 is 5.82 Å². The van der Waals surface area contributed by atoms with Crippen LogP contribution in [0.5, 0.6) is 11.6 Å². The summed E-state index contributed by atoms with van der Waals surface area (Å²) in [5, 5.41) is 0. The summed E-state index contributed by atoms with van der Waals surface area (Å²) in [6, 6.07) is 1.21. The first-order valence-corrected chi connectivity index (χ1v) is 3.01. The molecule has 0 unspecified atom stereocenters. The van der Waals surface area contributed by atoms with Crippen LogP contribution in [0.3, 0.4) is 0 Å². The average Bonchev–Trinajstić information content (AvgIpc) is 2.04. The van der Waals surface area contributed by atoms with Crippen molar-refractivity contribution >= 4 is 0 Å². The molecule has 0 bridgehead atoms. The molecule has 0 spiro atoms. The molecule has 1 aromatic rings. The Morgan fingerprint density at radius 1 is 1.36 bits per heavy atom. The van der Waals surface area contributed by atoms with E-state index in [1.807, 2.05) is 0 Å². The van der Waals surface area contributed by atoms with Crippen LogP contribution in [0.15, 0.2) is 12.3 Å². The van der Waals surface area contributed by atoms with Crippen LogP contribution in [0.4, 0.5) is 4.39 Å². The zero-order valence-corrected chi connectivity index (χ0v) is 6.30. The number of hydrogen-bond donors (Lipinski definition) is 0. The fourth-order valence-corrected chi connectivity index (χ4v) is 0.670. The maximum absolute atomic E-state index is 12.8. The summed E-state index contributed by atoms with van der Waals surface area (Å²) >= 11 is 0. The van der Waals surface area contributed by atoms with Gasteiger partial charge in [0.05, 0.1) is 20.4 Å². The van der Waals surface area contributed by atoms with E-state index >= 15 is 0 Å². The van der Waals surface area contributed by atoms with Gasteiger partial charge in [0.2, 0.25) is 5.88 Å². The molecule has 3 nitrogen and oxygen atoms in total. The van der Waals surface area contributed by atoms with Gasteiger partial charge in [0.15, 0.2) is 5.82 Å². The minimum Gasteiger partial charge on any atom is -0.495 e. The lowest BCUT2D eigenvalue weighted by Gasteiger charge is -2.01. The Hall–Kier alpha value is -1.32. The number of nitrogens with zero attached hydrogens (tertiary/aromatic N) is 1. The molecule has 0 aliphatic rings. The van der Waals surface area contributed by atoms with Gasteiger partial charge in [-0.15, -0.1) is 0 Å². The van der Waals surface area contributed by atoms with Crippen LogP contribution in [-0.4, -0.2) is 19.2 Å². The Bertz CT molecular complexity index is 252. The standard InChI is InChI=1S/C7H8FNO2/c1-10-5-3-6(8)7(11-2)9-4-5/h3-4H,1-2H3. The van der Waals surface area contributed by atoms with Crippen molar-refractivity contribution in [3.05, 3.63) is 18.1 Å². The summed E-state index contributed by atoms with van der Waals surface area (Å²) in [5.74, 6) is -0.166. The molecule has 1 rings (SSSR count). The third kappa shape index (κ3) is 1.58. The average molecular weight is 157 g/mol. The Kier molecular flexibility index (Phi) is 2.25. The molecule has 0 aromatic carbocycles. The normalized spacial score (nSPS) is 9.36. The van der Waals surface area contributed by atoms with E-state index in [1.165, 1.54) is 26.5 Å². The summed E-state index contributed by atoms with van der Waals surface area (Å²) in [4.78, 5) is 3.65. The van der Waals surface area contributed by atoms with Crippen LogP contribution in [0.25, 0.3) is 0 Å². The highest BCUT2D eigenvalue weighted by atomic mass is 19.1. The van der Waals surface area contributed by atoms with Crippen molar-refractivity contribution in [3.8, 4) is 11.6 Å². The number of methoxy groups -OCH3 is 2. The van der Waals surface area contributed by atoms with Crippen molar-refractivity contribution in [3.63, 3.8) is 0 Å². The quantitative estimate of drug-likeness (QED) is 0.647. The van der Waals surface area contributed by atoms with Gasteiger partial charge in [-0.25, -0.2) is 9.37 Å². The van der Waals surface area contributed by atoms with Crippen molar-refractivity contribution in [2.75, 3.05) is 14.2 Å². The maximum Gasteiger partial charge on any atom is 0.250 e. The third-order valence-corrected chi connectivity index (χ3v) is 1.21. The molecular weight excluding hydrogens is 149 g/mol. The smallest absolute Gasteiger partial charge is 0.250 e. The predicted molar refractivity (Wildman–Crippen MR) is 37.3 cm³/mol. The number of aromatic nitrogens is 1. The van der Waals surface area contributed by atoms with Gasteiger partial charge in [-0.1, -0.05) is 0 Å². The van der Waals surface area contributed by atoms with Crippen molar-refractivity contribution in [2.24, 2.45) is 0 Å². The zero-order valence-electron chi connectivity index (χ0n) is 6.30. The van der Waals surface area contributed by atoms with Crippen molar-refractivity contribution in [2.45, 2.75) is 0 Å². The predicted octanol–water partition coefficient (Wildman–Crippen LogP) is 1.24. The largest absolute Gasteiger partial charge is 0.495 e. The van der Waals surface area contributed by atoms with Crippen LogP contribution in [0.2, 0.25) is 0 Å². The Labute approximate surface area is 63.8 Å². The second-order valence-electron chi connectivity index (χ2n) is 1.87. The van der Waals surface area contributed by atoms with Gasteiger partial charge in [0.1, 0.15) is 5.75 Å². The number of pyridine rings is 1. The Balaban J connectivity index is 2.99. The van der Waals surface area contributed by atoms with E-state index in [0.29, 0.717) is 5.75 Å². The molecule has 0 fully saturated rings. The molecule has 11 heavy (non-hydrogen) atoms. The van der Waals surface area contributed by atoms with Gasteiger partial charge in [-0.3, -0.25) is 0 Å². The van der Waals surface area contributed by atoms with E-state index in [1.54, 1.807) is 0 Å². The number of halogens is 1. The van der Waals surface area contributed by atoms with Gasteiger partial charge >= 0.3 is 0 Å². The summed E-state index contributed by atoms with van der Waals surface area (Å²) in [7, 11) is 2.81. The van der Waals surface area contributed by atoms with Crippen molar-refractivity contribution in [1.29, 1.82) is 0 Å². The topological polar surface area (TPSA) is 31.4 Å². The summed E-state index contributed by atoms with van der Waals surface area (Å²) in [5.41, 5.74) is 0. The summed E-state index contributed by atoms with van der Waals surface area (Å²) < 4.78 is 22.1. The second kappa shape index (κ2) is 3.18. The van der Waals surface area contributed by atoms with Crippen molar-refractivity contribution in [1.82, 2.24) is 4.98 Å². The highest BCUT2D eigenvalue weighted by Gasteiger charge is 2.03. The first-order chi connectivity index (χ1) is 5.27. The molecule has 0 radical (unpaired) electrons. The van der Waals surface area contributed by atoms with Gasteiger partial charge in [-0.05, 0) is 0 Å². The molecule has 4 heteroatoms. The van der Waals surface area contributed by atoms with Gasteiger partial charge in [0, 0.05) is 6.07 Å². The molecule has 0 N–H and O–H groups in total. The van der Waals surface area contributed by atoms with Crippen LogP contribution in [-0.2, 0) is 0 Å². The SMILES string of the molecule is COc1cnc(OC)c(F)c1. The molecule has 0 saturated heterocycles. The first-order valence-electron chi connectivity index (χ1n) is 3.01. The molecule has 0 saturated carbocycles. The molecule has 1 aromatic heterocycles. The van der Waals surface area contributed by atoms with Gasteiger partial charge in [0.25, 0.3) is 0 Å². The molecule has 60 valence electrons. The highest BCUT2D eigenvalue weighted by Crippen LogP contribution is 2.17. The molecule has 0 amide bonds. The molecular formula is C7H8FNO2. The molecule has 0 aliphatic heterocycles. The minimum atomic E-state index is -0.521. The van der Waals surface area contributed by atoms with E-state index in [-0.39, 0.29) is 5.88 Å². The van der Waals surface area contributed by atoms with Crippen LogP contribution >= 0.6 is 0 Å². The lowest BCUT2D eigenvalue weighted by molar-refractivity contribution is 0.359. The zero-order chi connectivity index (χ0) is 8.27. The van der Waals surface area contributed by atoms with Gasteiger partial charge in [-0.2, -0.15) is 0 Å². The van der Waals surface area contributed by atoms with Crippen LogP contribution < -0.4 is 9.47 Å². The van der Waals surface area contributed by atoms with E-state index in [2.05, 4.69) is 9.72 Å². The van der Waals surface area contributed by atoms with Gasteiger partial charge < -0.3 is 9.47 Å². The van der Waals surface area contributed by atoms with Crippen LogP contribution in [0, 0.1) is 5.82 Å². The van der Waals surface area contributed by atoms with E-state index in [9.17, 15) is 4.39 Å². The van der Waals surface area contributed by atoms with Crippen molar-refractivity contribution < 1.29 is 13.9 Å². The first kappa shape index (κ1) is 7.78. The highest BCUT2D eigenvalue weighted by molar-refractivity contribution is 5.24. The fraction of sp³-hybridized carbons (Fsp3) is 0.286. The fourth-order valence-electron chi connectivity index (χ4n) is 0.670. The Morgan fingerprint density at radius 2 is 2.09 bits per heavy atom. The second-order valence-corrected chi connectivity index (χ2v) is 1.87. The number of ether oxygens (including phenoxy) is 2. The molecule has 1 heterocycles. The minimum absolute atomic E-state index is 0.0224. The number of hydrogen-bond acceptors (Lipinski definition) is 3. The maximum atomic E-state index is 12.8. The van der Waals surface area contributed by atoms with E-state index in [0.717, 1.165) is 0 Å². The monoisotopic (exact) mass is 157 g/mol. The van der Waals surface area contributed by atoms with E-state index in [4.69, 9.17) is 4.74 Å². The lowest BCUT2D eigenvalue weighted by Crippen LogP contribution is -1.93.